The highest BCUT2D eigenvalue weighted by atomic mass is 32.2. The minimum Gasteiger partial charge on any atom is -0.497 e. The molecule has 0 spiro atoms. The van der Waals surface area contributed by atoms with E-state index in [9.17, 15) is 8.42 Å². The number of hydrogen-bond donors (Lipinski definition) is 0. The van der Waals surface area contributed by atoms with Crippen molar-refractivity contribution in [3.63, 3.8) is 0 Å². The van der Waals surface area contributed by atoms with Crippen molar-refractivity contribution in [1.29, 1.82) is 0 Å². The molecule has 1 aromatic rings. The Balaban J connectivity index is 3.13. The fourth-order valence-corrected chi connectivity index (χ4v) is 2.87. The van der Waals surface area contributed by atoms with Crippen molar-refractivity contribution in [3.05, 3.63) is 65.3 Å². The van der Waals surface area contributed by atoms with Crippen molar-refractivity contribution in [1.82, 2.24) is 0 Å². The van der Waals surface area contributed by atoms with E-state index in [1.165, 1.54) is 0 Å². The summed E-state index contributed by atoms with van der Waals surface area (Å²) in [4.78, 5) is 0.530. The van der Waals surface area contributed by atoms with Crippen LogP contribution >= 0.6 is 0 Å². The molecule has 0 heterocycles. The number of methoxy groups -OCH3 is 1. The van der Waals surface area contributed by atoms with Crippen LogP contribution in [0.15, 0.2) is 70.2 Å². The van der Waals surface area contributed by atoms with Crippen LogP contribution in [0.1, 0.15) is 13.8 Å². The molecular formula is C15H18O3S. The molecule has 0 amide bonds. The van der Waals surface area contributed by atoms with E-state index in [0.717, 1.165) is 0 Å². The van der Waals surface area contributed by atoms with Crippen LogP contribution in [0.4, 0.5) is 0 Å². The Morgan fingerprint density at radius 1 is 1.05 bits per heavy atom. The van der Waals surface area contributed by atoms with Crippen LogP contribution in [0.2, 0.25) is 0 Å². The highest BCUT2D eigenvalue weighted by molar-refractivity contribution is 7.95. The molecule has 0 aliphatic rings. The Morgan fingerprint density at radius 3 is 2.16 bits per heavy atom. The molecule has 0 unspecified atom stereocenters. The molecule has 0 atom stereocenters. The first-order valence-electron chi connectivity index (χ1n) is 5.91. The largest absolute Gasteiger partial charge is 0.497 e. The van der Waals surface area contributed by atoms with Gasteiger partial charge in [-0.05, 0) is 44.2 Å². The van der Waals surface area contributed by atoms with Crippen molar-refractivity contribution < 1.29 is 13.2 Å². The molecule has 0 saturated carbocycles. The maximum Gasteiger partial charge on any atom is 0.206 e. The molecule has 0 bridgehead atoms. The van der Waals surface area contributed by atoms with Crippen molar-refractivity contribution in [2.75, 3.05) is 7.11 Å². The monoisotopic (exact) mass is 278 g/mol. The molecule has 102 valence electrons. The predicted molar refractivity (Wildman–Crippen MR) is 77.3 cm³/mol. The highest BCUT2D eigenvalue weighted by Crippen LogP contribution is 2.20. The van der Waals surface area contributed by atoms with E-state index in [1.807, 2.05) is 6.92 Å². The fourth-order valence-electron chi connectivity index (χ4n) is 1.52. The zero-order valence-electron chi connectivity index (χ0n) is 11.3. The van der Waals surface area contributed by atoms with Crippen LogP contribution in [0.5, 0.6) is 0 Å². The molecule has 3 nitrogen and oxygen atoms in total. The highest BCUT2D eigenvalue weighted by Gasteiger charge is 2.17. The lowest BCUT2D eigenvalue weighted by Gasteiger charge is -2.05. The lowest BCUT2D eigenvalue weighted by molar-refractivity contribution is 0.306. The maximum atomic E-state index is 12.4. The predicted octanol–water partition coefficient (Wildman–Crippen LogP) is 3.47. The van der Waals surface area contributed by atoms with E-state index in [0.29, 0.717) is 5.76 Å². The second-order valence-corrected chi connectivity index (χ2v) is 5.69. The molecule has 0 aliphatic carbocycles. The minimum atomic E-state index is -3.47. The van der Waals surface area contributed by atoms with Gasteiger partial charge in [-0.3, -0.25) is 0 Å². The van der Waals surface area contributed by atoms with Gasteiger partial charge in [0.1, 0.15) is 5.76 Å². The Labute approximate surface area is 114 Å². The second kappa shape index (κ2) is 6.95. The molecule has 0 saturated heterocycles. The van der Waals surface area contributed by atoms with Gasteiger partial charge in [0.25, 0.3) is 0 Å². The summed E-state index contributed by atoms with van der Waals surface area (Å²) in [5, 5.41) is 0. The maximum absolute atomic E-state index is 12.4. The number of hydrogen-bond acceptors (Lipinski definition) is 3. The topological polar surface area (TPSA) is 43.4 Å². The molecular weight excluding hydrogens is 260 g/mol. The van der Waals surface area contributed by atoms with Gasteiger partial charge in [0.15, 0.2) is 0 Å². The van der Waals surface area contributed by atoms with Crippen LogP contribution < -0.4 is 0 Å². The molecule has 0 aliphatic heterocycles. The first kappa shape index (κ1) is 15.2. The first-order chi connectivity index (χ1) is 9.06. The Bertz CT molecular complexity index is 594. The number of sulfone groups is 1. The van der Waals surface area contributed by atoms with Crippen LogP contribution in [-0.2, 0) is 14.6 Å². The number of ether oxygens (including phenoxy) is 1. The van der Waals surface area contributed by atoms with Crippen molar-refractivity contribution in [2.24, 2.45) is 0 Å². The van der Waals surface area contributed by atoms with E-state index in [4.69, 9.17) is 4.74 Å². The molecule has 0 fully saturated rings. The zero-order valence-corrected chi connectivity index (χ0v) is 12.1. The molecule has 0 N–H and O–H groups in total. The van der Waals surface area contributed by atoms with Gasteiger partial charge in [0, 0.05) is 0 Å². The summed E-state index contributed by atoms with van der Waals surface area (Å²) >= 11 is 0. The summed E-state index contributed by atoms with van der Waals surface area (Å²) in [5.74, 6) is 0.614. The average Bonchev–Trinajstić information content (AvgIpc) is 2.44. The van der Waals surface area contributed by atoms with Gasteiger partial charge in [0.05, 0.1) is 16.9 Å². The summed E-state index contributed by atoms with van der Waals surface area (Å²) in [6.45, 7) is 3.52. The fraction of sp³-hybridized carbons (Fsp3) is 0.200. The van der Waals surface area contributed by atoms with E-state index in [2.05, 4.69) is 0 Å². The van der Waals surface area contributed by atoms with Gasteiger partial charge in [-0.2, -0.15) is 0 Å². The van der Waals surface area contributed by atoms with Gasteiger partial charge < -0.3 is 4.74 Å². The van der Waals surface area contributed by atoms with Gasteiger partial charge >= 0.3 is 0 Å². The molecule has 0 aromatic heterocycles. The summed E-state index contributed by atoms with van der Waals surface area (Å²) < 4.78 is 29.8. The average molecular weight is 278 g/mol. The van der Waals surface area contributed by atoms with Gasteiger partial charge in [-0.25, -0.2) is 8.42 Å². The number of benzene rings is 1. The van der Waals surface area contributed by atoms with Gasteiger partial charge in [-0.1, -0.05) is 24.3 Å². The molecule has 0 radical (unpaired) electrons. The van der Waals surface area contributed by atoms with Crippen LogP contribution in [-0.4, -0.2) is 15.5 Å². The van der Waals surface area contributed by atoms with E-state index < -0.39 is 9.84 Å². The lowest BCUT2D eigenvalue weighted by Crippen LogP contribution is -2.03. The quantitative estimate of drug-likeness (QED) is 0.612. The normalized spacial score (nSPS) is 13.8. The van der Waals surface area contributed by atoms with Gasteiger partial charge in [0.2, 0.25) is 9.84 Å². The number of allylic oxidation sites excluding steroid dienone is 4. The van der Waals surface area contributed by atoms with Crippen molar-refractivity contribution in [2.45, 2.75) is 18.7 Å². The second-order valence-electron chi connectivity index (χ2n) is 3.74. The lowest BCUT2D eigenvalue weighted by atomic mass is 10.4. The summed E-state index contributed by atoms with van der Waals surface area (Å²) in [6.07, 6.45) is 6.51. The van der Waals surface area contributed by atoms with Crippen molar-refractivity contribution >= 4 is 9.84 Å². The third-order valence-electron chi connectivity index (χ3n) is 2.58. The summed E-state index contributed by atoms with van der Waals surface area (Å²) in [7, 11) is -1.93. The zero-order chi connectivity index (χ0) is 14.3. The van der Waals surface area contributed by atoms with Crippen LogP contribution in [0.3, 0.4) is 0 Å². The van der Waals surface area contributed by atoms with Crippen molar-refractivity contribution in [3.8, 4) is 0 Å². The Morgan fingerprint density at radius 2 is 1.68 bits per heavy atom. The molecule has 1 rings (SSSR count). The first-order valence-corrected chi connectivity index (χ1v) is 7.39. The summed E-state index contributed by atoms with van der Waals surface area (Å²) in [6, 6.07) is 8.36. The molecule has 19 heavy (non-hydrogen) atoms. The number of rotatable bonds is 5. The SMILES string of the molecule is C\C=C(/C=C\C(=C/C)S(=O)(=O)c1ccccc1)OC. The smallest absolute Gasteiger partial charge is 0.206 e. The van der Waals surface area contributed by atoms with E-state index >= 15 is 0 Å². The third kappa shape index (κ3) is 3.83. The Kier molecular flexibility index (Phi) is 5.57. The summed E-state index contributed by atoms with van der Waals surface area (Å²) in [5.41, 5.74) is 0. The van der Waals surface area contributed by atoms with E-state index in [1.54, 1.807) is 68.7 Å². The minimum absolute atomic E-state index is 0.245. The van der Waals surface area contributed by atoms with E-state index in [-0.39, 0.29) is 9.80 Å². The molecule has 4 heteroatoms. The third-order valence-corrected chi connectivity index (χ3v) is 4.47. The van der Waals surface area contributed by atoms with Crippen LogP contribution in [0, 0.1) is 0 Å². The van der Waals surface area contributed by atoms with Gasteiger partial charge in [-0.15, -0.1) is 0 Å². The standard InChI is InChI=1S/C15H18O3S/c1-4-13(18-3)11-12-14(5-2)19(16,17)15-9-7-6-8-10-15/h4-12H,1-3H3/b12-11-,13-4+,14-5+. The molecule has 1 aromatic carbocycles. The van der Waals surface area contributed by atoms with Crippen LogP contribution in [0.25, 0.3) is 0 Å². The Hall–Kier alpha value is -1.81.